The number of hydrogen-bond donors (Lipinski definition) is 0. The number of amides is 1. The first-order valence-electron chi connectivity index (χ1n) is 6.16. The molecule has 6 nitrogen and oxygen atoms in total. The summed E-state index contributed by atoms with van der Waals surface area (Å²) in [5, 5.41) is 8.36. The first-order chi connectivity index (χ1) is 9.24. The van der Waals surface area contributed by atoms with E-state index in [9.17, 15) is 4.79 Å². The highest BCUT2D eigenvalue weighted by Crippen LogP contribution is 2.16. The predicted octanol–water partition coefficient (Wildman–Crippen LogP) is 1.14. The maximum Gasteiger partial charge on any atom is 0.263 e. The number of nitrogens with zero attached hydrogens (tertiary/aromatic N) is 4. The Balaban J connectivity index is 1.71. The summed E-state index contributed by atoms with van der Waals surface area (Å²) in [6, 6.07) is 5.20. The molecule has 1 aromatic carbocycles. The molecule has 1 aromatic heterocycles. The fourth-order valence-electron chi connectivity index (χ4n) is 2.14. The number of aromatic nitrogens is 3. The molecule has 0 aliphatic carbocycles. The lowest BCUT2D eigenvalue weighted by Gasteiger charge is -2.14. The van der Waals surface area contributed by atoms with Crippen LogP contribution in [0.5, 0.6) is 0 Å². The minimum Gasteiger partial charge on any atom is -0.385 e. The highest BCUT2D eigenvalue weighted by atomic mass is 35.5. The highest BCUT2D eigenvalue weighted by molar-refractivity contribution is 6.31. The second kappa shape index (κ2) is 5.05. The number of fused-ring (bicyclic) bond motifs is 1. The maximum absolute atomic E-state index is 11.9. The van der Waals surface area contributed by atoms with Crippen molar-refractivity contribution in [3.63, 3.8) is 0 Å². The molecule has 2 heterocycles. The molecular weight excluding hydrogens is 268 g/mol. The summed E-state index contributed by atoms with van der Waals surface area (Å²) in [5.74, 6) is -0.0248. The van der Waals surface area contributed by atoms with Crippen molar-refractivity contribution in [2.75, 3.05) is 19.7 Å². The van der Waals surface area contributed by atoms with Gasteiger partial charge in [0.05, 0.1) is 0 Å². The van der Waals surface area contributed by atoms with Crippen LogP contribution in [0.25, 0.3) is 11.0 Å². The quantitative estimate of drug-likeness (QED) is 0.846. The standard InChI is InChI=1S/C12H13ClN4O2/c13-9-3-4-10-11(7-9)17(15-14-10)19-8-12(18)16-5-1-2-6-16/h3-4,7H,1-2,5-6,8H2. The van der Waals surface area contributed by atoms with Crippen molar-refractivity contribution in [2.24, 2.45) is 0 Å². The van der Waals surface area contributed by atoms with Gasteiger partial charge in [0.2, 0.25) is 0 Å². The normalized spacial score (nSPS) is 15.1. The van der Waals surface area contributed by atoms with Crippen LogP contribution in [-0.4, -0.2) is 45.7 Å². The van der Waals surface area contributed by atoms with Crippen LogP contribution in [0.15, 0.2) is 18.2 Å². The van der Waals surface area contributed by atoms with Gasteiger partial charge in [-0.3, -0.25) is 4.79 Å². The average molecular weight is 281 g/mol. The lowest BCUT2D eigenvalue weighted by molar-refractivity contribution is -0.135. The van der Waals surface area contributed by atoms with Gasteiger partial charge in [0, 0.05) is 18.1 Å². The van der Waals surface area contributed by atoms with E-state index in [2.05, 4.69) is 10.3 Å². The molecule has 0 saturated carbocycles. The minimum atomic E-state index is -0.0367. The maximum atomic E-state index is 11.9. The number of hydrogen-bond acceptors (Lipinski definition) is 4. The fraction of sp³-hybridized carbons (Fsp3) is 0.417. The van der Waals surface area contributed by atoms with Crippen molar-refractivity contribution < 1.29 is 9.63 Å². The third-order valence-corrected chi connectivity index (χ3v) is 3.38. The largest absolute Gasteiger partial charge is 0.385 e. The zero-order valence-corrected chi connectivity index (χ0v) is 11.0. The number of carbonyl (C=O) groups is 1. The van der Waals surface area contributed by atoms with Crippen LogP contribution in [-0.2, 0) is 4.79 Å². The van der Waals surface area contributed by atoms with Crippen molar-refractivity contribution in [1.82, 2.24) is 20.1 Å². The van der Waals surface area contributed by atoms with E-state index in [1.807, 2.05) is 0 Å². The zero-order valence-electron chi connectivity index (χ0n) is 10.3. The SMILES string of the molecule is O=C(COn1nnc2ccc(Cl)cc21)N1CCCC1. The summed E-state index contributed by atoms with van der Waals surface area (Å²) in [5.41, 5.74) is 1.33. The van der Waals surface area contributed by atoms with Gasteiger partial charge in [0.1, 0.15) is 11.0 Å². The van der Waals surface area contributed by atoms with E-state index in [-0.39, 0.29) is 12.5 Å². The van der Waals surface area contributed by atoms with E-state index in [0.29, 0.717) is 16.1 Å². The van der Waals surface area contributed by atoms with Crippen LogP contribution in [0, 0.1) is 0 Å². The van der Waals surface area contributed by atoms with Crippen molar-refractivity contribution in [2.45, 2.75) is 12.8 Å². The first-order valence-corrected chi connectivity index (χ1v) is 6.54. The molecule has 3 rings (SSSR count). The molecule has 0 unspecified atom stereocenters. The number of halogens is 1. The second-order valence-electron chi connectivity index (χ2n) is 4.46. The van der Waals surface area contributed by atoms with Crippen molar-refractivity contribution in [3.8, 4) is 0 Å². The van der Waals surface area contributed by atoms with Crippen molar-refractivity contribution in [1.29, 1.82) is 0 Å². The average Bonchev–Trinajstić information content (AvgIpc) is 3.05. The van der Waals surface area contributed by atoms with E-state index >= 15 is 0 Å². The Labute approximate surface area is 114 Å². The van der Waals surface area contributed by atoms with Gasteiger partial charge in [-0.1, -0.05) is 16.4 Å². The molecule has 0 atom stereocenters. The summed E-state index contributed by atoms with van der Waals surface area (Å²) in [4.78, 5) is 20.3. The number of carbonyl (C=O) groups excluding carboxylic acids is 1. The summed E-state index contributed by atoms with van der Waals surface area (Å²) < 4.78 is 0. The third kappa shape index (κ3) is 2.49. The number of likely N-dealkylation sites (tertiary alicyclic amines) is 1. The third-order valence-electron chi connectivity index (χ3n) is 3.15. The molecule has 1 aliphatic heterocycles. The first kappa shape index (κ1) is 12.2. The molecular formula is C12H13ClN4O2. The minimum absolute atomic E-state index is 0.0248. The molecule has 1 amide bonds. The van der Waals surface area contributed by atoms with Gasteiger partial charge in [-0.2, -0.15) is 0 Å². The Morgan fingerprint density at radius 2 is 2.16 bits per heavy atom. The Morgan fingerprint density at radius 1 is 1.37 bits per heavy atom. The van der Waals surface area contributed by atoms with E-state index in [1.54, 1.807) is 23.1 Å². The highest BCUT2D eigenvalue weighted by Gasteiger charge is 2.18. The van der Waals surface area contributed by atoms with Gasteiger partial charge >= 0.3 is 0 Å². The van der Waals surface area contributed by atoms with Crippen molar-refractivity contribution in [3.05, 3.63) is 23.2 Å². The predicted molar refractivity (Wildman–Crippen MR) is 69.8 cm³/mol. The Hall–Kier alpha value is -1.82. The van der Waals surface area contributed by atoms with Gasteiger partial charge in [-0.05, 0) is 36.3 Å². The molecule has 7 heteroatoms. The monoisotopic (exact) mass is 280 g/mol. The summed E-state index contributed by atoms with van der Waals surface area (Å²) in [7, 11) is 0. The summed E-state index contributed by atoms with van der Waals surface area (Å²) >= 11 is 5.91. The number of benzene rings is 1. The molecule has 0 N–H and O–H groups in total. The molecule has 0 bridgehead atoms. The second-order valence-corrected chi connectivity index (χ2v) is 4.89. The van der Waals surface area contributed by atoms with Crippen LogP contribution in [0.2, 0.25) is 5.02 Å². The van der Waals surface area contributed by atoms with Gasteiger partial charge in [0.15, 0.2) is 6.61 Å². The summed E-state index contributed by atoms with van der Waals surface area (Å²) in [6.45, 7) is 1.59. The van der Waals surface area contributed by atoms with Crippen LogP contribution < -0.4 is 4.84 Å². The molecule has 0 spiro atoms. The Bertz CT molecular complexity index is 607. The van der Waals surface area contributed by atoms with Crippen LogP contribution in [0.1, 0.15) is 12.8 Å². The fourth-order valence-corrected chi connectivity index (χ4v) is 2.31. The van der Waals surface area contributed by atoms with Crippen LogP contribution >= 0.6 is 11.6 Å². The van der Waals surface area contributed by atoms with Gasteiger partial charge < -0.3 is 9.74 Å². The van der Waals surface area contributed by atoms with E-state index in [0.717, 1.165) is 25.9 Å². The Kier molecular flexibility index (Phi) is 3.25. The molecule has 2 aromatic rings. The molecule has 100 valence electrons. The number of rotatable bonds is 3. The van der Waals surface area contributed by atoms with E-state index in [1.165, 1.54) is 4.85 Å². The lowest BCUT2D eigenvalue weighted by Crippen LogP contribution is -2.34. The molecule has 1 saturated heterocycles. The molecule has 19 heavy (non-hydrogen) atoms. The van der Waals surface area contributed by atoms with Crippen molar-refractivity contribution >= 4 is 28.5 Å². The van der Waals surface area contributed by atoms with Gasteiger partial charge in [-0.15, -0.1) is 5.10 Å². The summed E-state index contributed by atoms with van der Waals surface area (Å²) in [6.07, 6.45) is 2.13. The lowest BCUT2D eigenvalue weighted by atomic mass is 10.3. The molecule has 1 aliphatic rings. The van der Waals surface area contributed by atoms with Gasteiger partial charge in [0.25, 0.3) is 5.91 Å². The van der Waals surface area contributed by atoms with Crippen LogP contribution in [0.3, 0.4) is 0 Å². The van der Waals surface area contributed by atoms with Gasteiger partial charge in [-0.25, -0.2) is 0 Å². The van der Waals surface area contributed by atoms with E-state index < -0.39 is 0 Å². The van der Waals surface area contributed by atoms with E-state index in [4.69, 9.17) is 16.4 Å². The topological polar surface area (TPSA) is 60.3 Å². The van der Waals surface area contributed by atoms with Crippen LogP contribution in [0.4, 0.5) is 0 Å². The smallest absolute Gasteiger partial charge is 0.263 e. The molecule has 0 radical (unpaired) electrons. The molecule has 1 fully saturated rings. The Morgan fingerprint density at radius 3 is 2.95 bits per heavy atom. The zero-order chi connectivity index (χ0) is 13.2.